The van der Waals surface area contributed by atoms with Gasteiger partial charge in [-0.15, -0.1) is 0 Å². The summed E-state index contributed by atoms with van der Waals surface area (Å²) in [6.45, 7) is 0. The Morgan fingerprint density at radius 2 is 1.69 bits per heavy atom. The van der Waals surface area contributed by atoms with E-state index in [0.717, 1.165) is 0 Å². The van der Waals surface area contributed by atoms with E-state index < -0.39 is 29.1 Å². The minimum atomic E-state index is -1.72. The summed E-state index contributed by atoms with van der Waals surface area (Å²) in [6, 6.07) is 5.24. The zero-order valence-electron chi connectivity index (χ0n) is 8.18. The van der Waals surface area contributed by atoms with Crippen molar-refractivity contribution in [2.45, 2.75) is 12.3 Å². The third-order valence-corrected chi connectivity index (χ3v) is 3.00. The number of carboxylic acid groups (broad SMARTS) is 2. The van der Waals surface area contributed by atoms with Crippen molar-refractivity contribution >= 4 is 11.9 Å². The van der Waals surface area contributed by atoms with Crippen molar-refractivity contribution in [2.24, 2.45) is 5.41 Å². The Morgan fingerprint density at radius 3 is 2.06 bits per heavy atom. The molecular weight excluding hydrogens is 215 g/mol. The molecule has 0 saturated heterocycles. The van der Waals surface area contributed by atoms with Crippen molar-refractivity contribution in [3.8, 4) is 0 Å². The van der Waals surface area contributed by atoms with E-state index in [1.54, 1.807) is 0 Å². The third kappa shape index (κ3) is 1.36. The molecule has 0 spiro atoms. The highest BCUT2D eigenvalue weighted by Gasteiger charge is 2.67. The molecule has 1 aromatic carbocycles. The molecule has 2 rings (SSSR count). The molecule has 0 aliphatic heterocycles. The van der Waals surface area contributed by atoms with E-state index in [-0.39, 0.29) is 6.42 Å². The monoisotopic (exact) mass is 224 g/mol. The van der Waals surface area contributed by atoms with Crippen molar-refractivity contribution in [3.63, 3.8) is 0 Å². The largest absolute Gasteiger partial charge is 0.480 e. The fourth-order valence-electron chi connectivity index (χ4n) is 1.92. The van der Waals surface area contributed by atoms with Gasteiger partial charge >= 0.3 is 11.9 Å². The highest BCUT2D eigenvalue weighted by molar-refractivity contribution is 6.03. The minimum absolute atomic E-state index is 0.0588. The SMILES string of the molecule is O=C(O)C1(C(=O)O)CC1c1ccc(F)cc1. The van der Waals surface area contributed by atoms with Gasteiger partial charge in [-0.2, -0.15) is 0 Å². The van der Waals surface area contributed by atoms with Gasteiger partial charge in [0, 0.05) is 5.92 Å². The predicted octanol–water partition coefficient (Wildman–Crippen LogP) is 1.47. The highest BCUT2D eigenvalue weighted by atomic mass is 19.1. The zero-order valence-corrected chi connectivity index (χ0v) is 8.18. The van der Waals surface area contributed by atoms with Gasteiger partial charge in [0.1, 0.15) is 5.82 Å². The summed E-state index contributed by atoms with van der Waals surface area (Å²) in [5.74, 6) is -3.67. The average molecular weight is 224 g/mol. The molecule has 4 nitrogen and oxygen atoms in total. The fraction of sp³-hybridized carbons (Fsp3) is 0.273. The number of hydrogen-bond acceptors (Lipinski definition) is 2. The van der Waals surface area contributed by atoms with Crippen molar-refractivity contribution < 1.29 is 24.2 Å². The van der Waals surface area contributed by atoms with E-state index in [1.807, 2.05) is 0 Å². The Bertz CT molecular complexity index is 438. The zero-order chi connectivity index (χ0) is 11.9. The van der Waals surface area contributed by atoms with Crippen LogP contribution in [0, 0.1) is 11.2 Å². The molecule has 1 unspecified atom stereocenters. The molecule has 84 valence electrons. The summed E-state index contributed by atoms with van der Waals surface area (Å²) >= 11 is 0. The molecule has 1 aliphatic rings. The van der Waals surface area contributed by atoms with Crippen LogP contribution in [0.2, 0.25) is 0 Å². The van der Waals surface area contributed by atoms with Gasteiger partial charge in [-0.1, -0.05) is 12.1 Å². The van der Waals surface area contributed by atoms with Gasteiger partial charge < -0.3 is 10.2 Å². The number of carboxylic acids is 2. The smallest absolute Gasteiger partial charge is 0.321 e. The van der Waals surface area contributed by atoms with Crippen LogP contribution in [0.5, 0.6) is 0 Å². The molecule has 0 bridgehead atoms. The normalized spacial score (nSPS) is 21.4. The number of halogens is 1. The molecule has 2 N–H and O–H groups in total. The van der Waals surface area contributed by atoms with Crippen molar-refractivity contribution in [3.05, 3.63) is 35.6 Å². The van der Waals surface area contributed by atoms with E-state index in [4.69, 9.17) is 10.2 Å². The Labute approximate surface area is 90.3 Å². The van der Waals surface area contributed by atoms with Gasteiger partial charge in [0.25, 0.3) is 0 Å². The number of carbonyl (C=O) groups is 2. The number of benzene rings is 1. The first-order valence-electron chi connectivity index (χ1n) is 4.70. The Balaban J connectivity index is 2.30. The van der Waals surface area contributed by atoms with Crippen molar-refractivity contribution in [1.29, 1.82) is 0 Å². The number of aliphatic carboxylic acids is 2. The molecule has 1 aromatic rings. The molecule has 1 aliphatic carbocycles. The second-order valence-corrected chi connectivity index (χ2v) is 3.89. The number of rotatable bonds is 3. The Hall–Kier alpha value is -1.91. The van der Waals surface area contributed by atoms with Gasteiger partial charge in [-0.3, -0.25) is 9.59 Å². The lowest BCUT2D eigenvalue weighted by Gasteiger charge is -2.06. The second-order valence-electron chi connectivity index (χ2n) is 3.89. The van der Waals surface area contributed by atoms with Crippen LogP contribution in [-0.4, -0.2) is 22.2 Å². The van der Waals surface area contributed by atoms with Crippen LogP contribution in [0.1, 0.15) is 17.9 Å². The van der Waals surface area contributed by atoms with Crippen LogP contribution >= 0.6 is 0 Å². The summed E-state index contributed by atoms with van der Waals surface area (Å²) in [6.07, 6.45) is 0.0588. The first-order chi connectivity index (χ1) is 7.48. The first-order valence-corrected chi connectivity index (χ1v) is 4.70. The average Bonchev–Trinajstić information content (AvgIpc) is 2.95. The van der Waals surface area contributed by atoms with Gasteiger partial charge in [0.15, 0.2) is 5.41 Å². The molecule has 0 amide bonds. The summed E-state index contributed by atoms with van der Waals surface area (Å²) in [5.41, 5.74) is -1.18. The van der Waals surface area contributed by atoms with E-state index >= 15 is 0 Å². The molecule has 1 atom stereocenters. The quantitative estimate of drug-likeness (QED) is 0.762. The predicted molar refractivity (Wildman–Crippen MR) is 51.5 cm³/mol. The lowest BCUT2D eigenvalue weighted by atomic mass is 9.99. The van der Waals surface area contributed by atoms with Crippen LogP contribution in [0.15, 0.2) is 24.3 Å². The van der Waals surface area contributed by atoms with Crippen LogP contribution in [0.4, 0.5) is 4.39 Å². The summed E-state index contributed by atoms with van der Waals surface area (Å²) < 4.78 is 12.6. The highest BCUT2D eigenvalue weighted by Crippen LogP contribution is 2.59. The maximum Gasteiger partial charge on any atom is 0.321 e. The topological polar surface area (TPSA) is 74.6 Å². The lowest BCUT2D eigenvalue weighted by molar-refractivity contribution is -0.157. The van der Waals surface area contributed by atoms with Gasteiger partial charge in [-0.05, 0) is 24.1 Å². The molecule has 5 heteroatoms. The molecule has 1 saturated carbocycles. The van der Waals surface area contributed by atoms with Crippen LogP contribution < -0.4 is 0 Å². The van der Waals surface area contributed by atoms with Crippen LogP contribution in [0.25, 0.3) is 0 Å². The van der Waals surface area contributed by atoms with Gasteiger partial charge in [0.05, 0.1) is 0 Å². The van der Waals surface area contributed by atoms with Crippen LogP contribution in [-0.2, 0) is 9.59 Å². The molecule has 1 fully saturated rings. The molecule has 0 heterocycles. The molecular formula is C11H9FO4. The molecule has 0 radical (unpaired) electrons. The van der Waals surface area contributed by atoms with Gasteiger partial charge in [-0.25, -0.2) is 4.39 Å². The lowest BCUT2D eigenvalue weighted by Crippen LogP contribution is -2.26. The maximum absolute atomic E-state index is 12.6. The Morgan fingerprint density at radius 1 is 1.19 bits per heavy atom. The fourth-order valence-corrected chi connectivity index (χ4v) is 1.92. The van der Waals surface area contributed by atoms with Crippen LogP contribution in [0.3, 0.4) is 0 Å². The summed E-state index contributed by atoms with van der Waals surface area (Å²) in [4.78, 5) is 21.8. The summed E-state index contributed by atoms with van der Waals surface area (Å²) in [7, 11) is 0. The van der Waals surface area contributed by atoms with E-state index in [0.29, 0.717) is 5.56 Å². The first kappa shape index (κ1) is 10.6. The van der Waals surface area contributed by atoms with E-state index in [1.165, 1.54) is 24.3 Å². The van der Waals surface area contributed by atoms with E-state index in [9.17, 15) is 14.0 Å². The van der Waals surface area contributed by atoms with Crippen molar-refractivity contribution in [1.82, 2.24) is 0 Å². The molecule has 0 aromatic heterocycles. The third-order valence-electron chi connectivity index (χ3n) is 3.00. The standard InChI is InChI=1S/C11H9FO4/c12-7-3-1-6(2-4-7)8-5-11(8,9(13)14)10(15)16/h1-4,8H,5H2,(H,13,14)(H,15,16). The molecule has 16 heavy (non-hydrogen) atoms. The Kier molecular flexibility index (Phi) is 2.18. The minimum Gasteiger partial charge on any atom is -0.480 e. The second kappa shape index (κ2) is 3.30. The maximum atomic E-state index is 12.6. The van der Waals surface area contributed by atoms with Crippen molar-refractivity contribution in [2.75, 3.05) is 0 Å². The van der Waals surface area contributed by atoms with E-state index in [2.05, 4.69) is 0 Å². The van der Waals surface area contributed by atoms with Gasteiger partial charge in [0.2, 0.25) is 0 Å². The summed E-state index contributed by atoms with van der Waals surface area (Å²) in [5, 5.41) is 17.8. The number of hydrogen-bond donors (Lipinski definition) is 2.